The zero-order valence-electron chi connectivity index (χ0n) is 11.8. The van der Waals surface area contributed by atoms with Crippen molar-refractivity contribution in [2.24, 2.45) is 5.92 Å². The second-order valence-corrected chi connectivity index (χ2v) is 5.46. The second kappa shape index (κ2) is 7.06. The summed E-state index contributed by atoms with van der Waals surface area (Å²) in [7, 11) is 0. The Kier molecular flexibility index (Phi) is 5.14. The number of rotatable bonds is 3. The maximum absolute atomic E-state index is 12.2. The number of H-pyrrole nitrogens is 1. The van der Waals surface area contributed by atoms with E-state index in [1.54, 1.807) is 0 Å². The van der Waals surface area contributed by atoms with Crippen LogP contribution < -0.4 is 10.9 Å². The van der Waals surface area contributed by atoms with Crippen molar-refractivity contribution in [3.63, 3.8) is 0 Å². The van der Waals surface area contributed by atoms with Crippen LogP contribution in [0.4, 0.5) is 0 Å². The lowest BCUT2D eigenvalue weighted by molar-refractivity contribution is -0.143. The number of hydrogen-bond acceptors (Lipinski definition) is 3. The molecule has 0 aliphatic heterocycles. The average molecular weight is 292 g/mol. The molecule has 0 spiro atoms. The lowest BCUT2D eigenvalue weighted by Gasteiger charge is -2.27. The van der Waals surface area contributed by atoms with Crippen molar-refractivity contribution < 1.29 is 14.7 Å². The number of nitrogens with one attached hydrogen (secondary N) is 2. The first-order valence-corrected chi connectivity index (χ1v) is 7.30. The zero-order valence-corrected chi connectivity index (χ0v) is 11.8. The number of pyridine rings is 1. The topological polar surface area (TPSA) is 99.3 Å². The summed E-state index contributed by atoms with van der Waals surface area (Å²) >= 11 is 0. The Bertz CT molecular complexity index is 567. The Labute approximate surface area is 122 Å². The molecule has 2 rings (SSSR count). The normalized spacial score (nSPS) is 22.9. The van der Waals surface area contributed by atoms with Gasteiger partial charge in [0.25, 0.3) is 5.91 Å². The first-order chi connectivity index (χ1) is 10.1. The first kappa shape index (κ1) is 15.3. The van der Waals surface area contributed by atoms with E-state index in [0.29, 0.717) is 12.8 Å². The molecule has 1 aliphatic carbocycles. The molecule has 1 aromatic heterocycles. The molecule has 2 atom stereocenters. The highest BCUT2D eigenvalue weighted by atomic mass is 16.4. The number of carboxylic acids is 1. The third-order valence-electron chi connectivity index (χ3n) is 3.94. The highest BCUT2D eigenvalue weighted by Crippen LogP contribution is 2.23. The Morgan fingerprint density at radius 1 is 1.19 bits per heavy atom. The molecule has 1 fully saturated rings. The number of carbonyl (C=O) groups is 2. The molecule has 21 heavy (non-hydrogen) atoms. The molecule has 1 aromatic rings. The number of aromatic amines is 1. The fourth-order valence-electron chi connectivity index (χ4n) is 2.79. The summed E-state index contributed by atoms with van der Waals surface area (Å²) in [5.41, 5.74) is -0.0972. The third kappa shape index (κ3) is 4.18. The van der Waals surface area contributed by atoms with Crippen molar-refractivity contribution in [2.45, 2.75) is 44.6 Å². The number of amides is 1. The predicted molar refractivity (Wildman–Crippen MR) is 77.1 cm³/mol. The van der Waals surface area contributed by atoms with Crippen molar-refractivity contribution in [2.75, 3.05) is 0 Å². The molecule has 2 unspecified atom stereocenters. The van der Waals surface area contributed by atoms with Gasteiger partial charge >= 0.3 is 5.97 Å². The third-order valence-corrected chi connectivity index (χ3v) is 3.94. The van der Waals surface area contributed by atoms with Crippen molar-refractivity contribution in [3.8, 4) is 0 Å². The van der Waals surface area contributed by atoms with Gasteiger partial charge in [-0.3, -0.25) is 14.4 Å². The number of carbonyl (C=O) groups excluding carboxylic acids is 1. The molecule has 1 saturated carbocycles. The van der Waals surface area contributed by atoms with Crippen LogP contribution in [-0.4, -0.2) is 28.0 Å². The minimum Gasteiger partial charge on any atom is -0.481 e. The molecule has 6 nitrogen and oxygen atoms in total. The van der Waals surface area contributed by atoms with Crippen molar-refractivity contribution in [1.29, 1.82) is 0 Å². The van der Waals surface area contributed by atoms with Gasteiger partial charge < -0.3 is 15.4 Å². The highest BCUT2D eigenvalue weighted by molar-refractivity contribution is 5.94. The largest absolute Gasteiger partial charge is 0.481 e. The summed E-state index contributed by atoms with van der Waals surface area (Å²) in [6, 6.07) is 2.35. The SMILES string of the molecule is O=C(NC1CCCCCCC1C(=O)O)c1cc[nH]c(=O)c1. The van der Waals surface area contributed by atoms with E-state index in [0.717, 1.165) is 25.7 Å². The van der Waals surface area contributed by atoms with Crippen LogP contribution in [0.5, 0.6) is 0 Å². The van der Waals surface area contributed by atoms with Crippen LogP contribution in [0.2, 0.25) is 0 Å². The number of aromatic nitrogens is 1. The number of hydrogen-bond donors (Lipinski definition) is 3. The summed E-state index contributed by atoms with van der Waals surface area (Å²) < 4.78 is 0. The summed E-state index contributed by atoms with van der Waals surface area (Å²) in [6.07, 6.45) is 6.52. The fraction of sp³-hybridized carbons (Fsp3) is 0.533. The molecule has 1 amide bonds. The minimum atomic E-state index is -0.867. The van der Waals surface area contributed by atoms with Crippen LogP contribution in [0, 0.1) is 5.92 Å². The lowest BCUT2D eigenvalue weighted by atomic mass is 9.86. The van der Waals surface area contributed by atoms with E-state index >= 15 is 0 Å². The van der Waals surface area contributed by atoms with Crippen molar-refractivity contribution in [3.05, 3.63) is 34.2 Å². The van der Waals surface area contributed by atoms with E-state index in [9.17, 15) is 19.5 Å². The number of carboxylic acid groups (broad SMARTS) is 1. The Morgan fingerprint density at radius 3 is 2.57 bits per heavy atom. The lowest BCUT2D eigenvalue weighted by Crippen LogP contribution is -2.44. The van der Waals surface area contributed by atoms with Gasteiger partial charge in [-0.05, 0) is 18.9 Å². The van der Waals surface area contributed by atoms with Gasteiger partial charge in [-0.2, -0.15) is 0 Å². The molecule has 0 bridgehead atoms. The maximum atomic E-state index is 12.2. The van der Waals surface area contributed by atoms with Gasteiger partial charge in [0.15, 0.2) is 0 Å². The van der Waals surface area contributed by atoms with E-state index in [-0.39, 0.29) is 17.2 Å². The van der Waals surface area contributed by atoms with E-state index in [1.807, 2.05) is 0 Å². The van der Waals surface area contributed by atoms with E-state index in [1.165, 1.54) is 18.3 Å². The number of aliphatic carboxylic acids is 1. The smallest absolute Gasteiger partial charge is 0.308 e. The van der Waals surface area contributed by atoms with E-state index < -0.39 is 17.8 Å². The summed E-state index contributed by atoms with van der Waals surface area (Å²) in [5, 5.41) is 12.1. The monoisotopic (exact) mass is 292 g/mol. The maximum Gasteiger partial charge on any atom is 0.308 e. The quantitative estimate of drug-likeness (QED) is 0.786. The Balaban J connectivity index is 2.11. The molecule has 0 aromatic carbocycles. The molecule has 1 heterocycles. The Morgan fingerprint density at radius 2 is 1.90 bits per heavy atom. The van der Waals surface area contributed by atoms with Gasteiger partial charge in [0.05, 0.1) is 5.92 Å². The standard InChI is InChI=1S/C15H20N2O4/c18-13-9-10(7-8-16-13)14(19)17-12-6-4-2-1-3-5-11(12)15(20)21/h7-9,11-12H,1-6H2,(H,16,18)(H,17,19)(H,20,21). The van der Waals surface area contributed by atoms with Crippen LogP contribution in [0.15, 0.2) is 23.1 Å². The van der Waals surface area contributed by atoms with Gasteiger partial charge in [0.2, 0.25) is 5.56 Å². The molecular formula is C15H20N2O4. The fourth-order valence-corrected chi connectivity index (χ4v) is 2.79. The average Bonchev–Trinajstić information content (AvgIpc) is 2.41. The second-order valence-electron chi connectivity index (χ2n) is 5.46. The summed E-state index contributed by atoms with van der Waals surface area (Å²) in [4.78, 5) is 37.2. The van der Waals surface area contributed by atoms with Gasteiger partial charge in [-0.1, -0.05) is 25.7 Å². The van der Waals surface area contributed by atoms with Gasteiger partial charge in [-0.25, -0.2) is 0 Å². The summed E-state index contributed by atoms with van der Waals surface area (Å²) in [6.45, 7) is 0. The van der Waals surface area contributed by atoms with Crippen LogP contribution in [0.3, 0.4) is 0 Å². The van der Waals surface area contributed by atoms with Gasteiger partial charge in [0.1, 0.15) is 0 Å². The summed E-state index contributed by atoms with van der Waals surface area (Å²) in [5.74, 6) is -1.82. The van der Waals surface area contributed by atoms with E-state index in [2.05, 4.69) is 10.3 Å². The van der Waals surface area contributed by atoms with Crippen LogP contribution in [-0.2, 0) is 4.79 Å². The highest BCUT2D eigenvalue weighted by Gasteiger charge is 2.30. The van der Waals surface area contributed by atoms with Crippen molar-refractivity contribution >= 4 is 11.9 Å². The predicted octanol–water partition coefficient (Wildman–Crippen LogP) is 1.53. The minimum absolute atomic E-state index is 0.255. The van der Waals surface area contributed by atoms with Crippen LogP contribution in [0.25, 0.3) is 0 Å². The molecule has 1 aliphatic rings. The molecular weight excluding hydrogens is 272 g/mol. The van der Waals surface area contributed by atoms with Gasteiger partial charge in [0, 0.05) is 23.9 Å². The van der Waals surface area contributed by atoms with Crippen LogP contribution >= 0.6 is 0 Å². The molecule has 0 radical (unpaired) electrons. The van der Waals surface area contributed by atoms with Crippen LogP contribution in [0.1, 0.15) is 48.9 Å². The molecule has 6 heteroatoms. The molecule has 0 saturated heterocycles. The molecule has 114 valence electrons. The first-order valence-electron chi connectivity index (χ1n) is 7.30. The zero-order chi connectivity index (χ0) is 15.2. The van der Waals surface area contributed by atoms with Crippen molar-refractivity contribution in [1.82, 2.24) is 10.3 Å². The van der Waals surface area contributed by atoms with Gasteiger partial charge in [-0.15, -0.1) is 0 Å². The Hall–Kier alpha value is -2.11. The van der Waals surface area contributed by atoms with E-state index in [4.69, 9.17) is 0 Å². The molecule has 3 N–H and O–H groups in total.